The van der Waals surface area contributed by atoms with Crippen LogP contribution in [0, 0.1) is 11.8 Å². The summed E-state index contributed by atoms with van der Waals surface area (Å²) >= 11 is 2.03. The van der Waals surface area contributed by atoms with Crippen LogP contribution in [0.2, 0.25) is 0 Å². The predicted molar refractivity (Wildman–Crippen MR) is 69.3 cm³/mol. The number of hydrogen-bond donors (Lipinski definition) is 2. The van der Waals surface area contributed by atoms with Gasteiger partial charge in [-0.15, -0.1) is 0 Å². The van der Waals surface area contributed by atoms with Gasteiger partial charge < -0.3 is 4.74 Å². The Bertz CT molecular complexity index is 229. The predicted octanol–water partition coefficient (Wildman–Crippen LogP) is 1.78. The van der Waals surface area contributed by atoms with E-state index in [0.29, 0.717) is 17.9 Å². The Balaban J connectivity index is 2.00. The largest absolute Gasteiger partial charge is 0.374 e. The molecule has 4 heteroatoms. The van der Waals surface area contributed by atoms with Crippen molar-refractivity contribution in [3.63, 3.8) is 0 Å². The molecule has 2 rings (SSSR count). The van der Waals surface area contributed by atoms with Gasteiger partial charge in [-0.2, -0.15) is 11.8 Å². The van der Waals surface area contributed by atoms with Crippen molar-refractivity contribution in [3.8, 4) is 0 Å². The molecular weight excluding hydrogens is 220 g/mol. The minimum Gasteiger partial charge on any atom is -0.374 e. The second-order valence-electron chi connectivity index (χ2n) is 5.52. The van der Waals surface area contributed by atoms with E-state index in [1.54, 1.807) is 0 Å². The van der Waals surface area contributed by atoms with E-state index < -0.39 is 0 Å². The summed E-state index contributed by atoms with van der Waals surface area (Å²) in [4.78, 5) is 0. The highest BCUT2D eigenvalue weighted by molar-refractivity contribution is 7.99. The average molecular weight is 244 g/mol. The zero-order valence-corrected chi connectivity index (χ0v) is 11.2. The third kappa shape index (κ3) is 2.55. The van der Waals surface area contributed by atoms with Crippen molar-refractivity contribution in [2.45, 2.75) is 44.8 Å². The van der Waals surface area contributed by atoms with Crippen molar-refractivity contribution >= 4 is 11.8 Å². The first-order chi connectivity index (χ1) is 7.67. The van der Waals surface area contributed by atoms with Crippen molar-refractivity contribution in [1.82, 2.24) is 5.43 Å². The minimum absolute atomic E-state index is 0.178. The number of hydrazine groups is 1. The lowest BCUT2D eigenvalue weighted by atomic mass is 9.78. The van der Waals surface area contributed by atoms with E-state index in [2.05, 4.69) is 19.3 Å². The van der Waals surface area contributed by atoms with Crippen LogP contribution in [0.5, 0.6) is 0 Å². The summed E-state index contributed by atoms with van der Waals surface area (Å²) in [5.41, 5.74) is 3.19. The molecule has 0 amide bonds. The highest BCUT2D eigenvalue weighted by Gasteiger charge is 2.42. The van der Waals surface area contributed by atoms with Gasteiger partial charge in [0.25, 0.3) is 0 Å². The molecule has 16 heavy (non-hydrogen) atoms. The molecule has 0 radical (unpaired) electrons. The minimum atomic E-state index is 0.178. The summed E-state index contributed by atoms with van der Waals surface area (Å²) in [7, 11) is 0. The van der Waals surface area contributed by atoms with Gasteiger partial charge in [0.15, 0.2) is 0 Å². The van der Waals surface area contributed by atoms with Crippen LogP contribution >= 0.6 is 11.8 Å². The Morgan fingerprint density at radius 3 is 2.88 bits per heavy atom. The number of rotatable bonds is 3. The fourth-order valence-electron chi connectivity index (χ4n) is 3.11. The molecule has 2 fully saturated rings. The van der Waals surface area contributed by atoms with Crippen molar-refractivity contribution in [2.24, 2.45) is 17.7 Å². The molecule has 3 nitrogen and oxygen atoms in total. The highest BCUT2D eigenvalue weighted by Crippen LogP contribution is 2.41. The van der Waals surface area contributed by atoms with Gasteiger partial charge >= 0.3 is 0 Å². The van der Waals surface area contributed by atoms with Gasteiger partial charge in [-0.1, -0.05) is 13.8 Å². The normalized spacial score (nSPS) is 37.1. The third-order valence-electron chi connectivity index (χ3n) is 4.02. The Labute approximate surface area is 103 Å². The molecule has 3 N–H and O–H groups in total. The average Bonchev–Trinajstić information content (AvgIpc) is 2.67. The van der Waals surface area contributed by atoms with E-state index in [-0.39, 0.29) is 5.60 Å². The van der Waals surface area contributed by atoms with Gasteiger partial charge in [-0.3, -0.25) is 11.3 Å². The fraction of sp³-hybridized carbons (Fsp3) is 1.00. The van der Waals surface area contributed by atoms with Crippen LogP contribution in [-0.4, -0.2) is 29.8 Å². The standard InChI is InChI=1S/C12H24N2OS/c1-9(2)11(14-13)10-3-5-15-12(7-10)4-6-16-8-12/h9-11,14H,3-8,13H2,1-2H3. The molecule has 0 aromatic rings. The summed E-state index contributed by atoms with van der Waals surface area (Å²) < 4.78 is 6.04. The summed E-state index contributed by atoms with van der Waals surface area (Å²) in [5, 5.41) is 0. The van der Waals surface area contributed by atoms with Gasteiger partial charge in [0.05, 0.1) is 5.60 Å². The second kappa shape index (κ2) is 5.25. The highest BCUT2D eigenvalue weighted by atomic mass is 32.2. The molecule has 0 aromatic carbocycles. The first-order valence-electron chi connectivity index (χ1n) is 6.35. The number of nitrogens with one attached hydrogen (secondary N) is 1. The van der Waals surface area contributed by atoms with Crippen LogP contribution in [0.4, 0.5) is 0 Å². The summed E-state index contributed by atoms with van der Waals surface area (Å²) in [6, 6.07) is 0.436. The number of ether oxygens (including phenoxy) is 1. The maximum Gasteiger partial charge on any atom is 0.0783 e. The number of nitrogens with two attached hydrogens (primary N) is 1. The maximum atomic E-state index is 6.04. The van der Waals surface area contributed by atoms with Crippen LogP contribution in [0.25, 0.3) is 0 Å². The van der Waals surface area contributed by atoms with E-state index in [1.165, 1.54) is 24.3 Å². The van der Waals surface area contributed by atoms with E-state index >= 15 is 0 Å². The molecule has 2 aliphatic rings. The van der Waals surface area contributed by atoms with E-state index in [0.717, 1.165) is 13.0 Å². The van der Waals surface area contributed by atoms with Gasteiger partial charge in [0.1, 0.15) is 0 Å². The van der Waals surface area contributed by atoms with E-state index in [1.807, 2.05) is 11.8 Å². The lowest BCUT2D eigenvalue weighted by Gasteiger charge is -2.41. The van der Waals surface area contributed by atoms with Gasteiger partial charge in [-0.25, -0.2) is 0 Å². The molecule has 0 aromatic heterocycles. The topological polar surface area (TPSA) is 47.3 Å². The molecule has 2 saturated heterocycles. The van der Waals surface area contributed by atoms with Crippen molar-refractivity contribution in [1.29, 1.82) is 0 Å². The van der Waals surface area contributed by atoms with Crippen LogP contribution in [0.3, 0.4) is 0 Å². The van der Waals surface area contributed by atoms with Crippen molar-refractivity contribution < 1.29 is 4.74 Å². The fourth-order valence-corrected chi connectivity index (χ4v) is 4.49. The second-order valence-corrected chi connectivity index (χ2v) is 6.63. The van der Waals surface area contributed by atoms with Crippen LogP contribution in [-0.2, 0) is 4.74 Å². The molecule has 1 spiro atoms. The quantitative estimate of drug-likeness (QED) is 0.587. The number of hydrogen-bond acceptors (Lipinski definition) is 4. The van der Waals surface area contributed by atoms with Crippen LogP contribution < -0.4 is 11.3 Å². The Kier molecular flexibility index (Phi) is 4.16. The zero-order chi connectivity index (χ0) is 11.6. The van der Waals surface area contributed by atoms with Crippen LogP contribution in [0.15, 0.2) is 0 Å². The Morgan fingerprint density at radius 1 is 1.50 bits per heavy atom. The lowest BCUT2D eigenvalue weighted by molar-refractivity contribution is -0.0875. The van der Waals surface area contributed by atoms with Crippen molar-refractivity contribution in [2.75, 3.05) is 18.1 Å². The summed E-state index contributed by atoms with van der Waals surface area (Å²) in [5.74, 6) is 9.41. The molecule has 0 aliphatic carbocycles. The SMILES string of the molecule is CC(C)C(NN)C1CCOC2(CCSC2)C1. The first kappa shape index (κ1) is 12.7. The van der Waals surface area contributed by atoms with Gasteiger partial charge in [0.2, 0.25) is 0 Å². The molecule has 2 aliphatic heterocycles. The maximum absolute atomic E-state index is 6.04. The number of thioether (sulfide) groups is 1. The third-order valence-corrected chi connectivity index (χ3v) is 5.24. The summed E-state index contributed by atoms with van der Waals surface area (Å²) in [6.07, 6.45) is 3.57. The molecule has 0 bridgehead atoms. The molecule has 94 valence electrons. The van der Waals surface area contributed by atoms with E-state index in [4.69, 9.17) is 10.6 Å². The molecular formula is C12H24N2OS. The van der Waals surface area contributed by atoms with Gasteiger partial charge in [-0.05, 0) is 36.9 Å². The molecule has 3 atom stereocenters. The molecule has 2 heterocycles. The van der Waals surface area contributed by atoms with Gasteiger partial charge in [0, 0.05) is 18.4 Å². The first-order valence-corrected chi connectivity index (χ1v) is 7.50. The zero-order valence-electron chi connectivity index (χ0n) is 10.4. The Hall–Kier alpha value is 0.230. The Morgan fingerprint density at radius 2 is 2.31 bits per heavy atom. The monoisotopic (exact) mass is 244 g/mol. The molecule has 3 unspecified atom stereocenters. The van der Waals surface area contributed by atoms with E-state index in [9.17, 15) is 0 Å². The van der Waals surface area contributed by atoms with Crippen LogP contribution in [0.1, 0.15) is 33.1 Å². The van der Waals surface area contributed by atoms with Crippen molar-refractivity contribution in [3.05, 3.63) is 0 Å². The molecule has 0 saturated carbocycles. The smallest absolute Gasteiger partial charge is 0.0783 e. The lowest BCUT2D eigenvalue weighted by Crippen LogP contribution is -2.50. The summed E-state index contributed by atoms with van der Waals surface area (Å²) in [6.45, 7) is 5.41.